The SMILES string of the molecule is C.C.C.C.C.C.C.C.C.C.CC(C)N(C(C)C)P(OC(C)(C)C)OC(C)(C)C.CCc1c(C)cc[nH]c1=O.CCc1c(C)ccn(-c2ccc(F)c(CO)c2)c1=O.CCc1c(C)ccn(-c2ccc(F)c(COP(=O)(OC(C)(C)C)OC(C)(C)C)c2)c1=O.CF.O=C=O.O=C=O.O=C=O.OCc1cc(B(O)O)ccc1F.[2H]C.[C-]#[N+]/C(C(=O)OCC)=C(\C)OCC.[C-]#[N+]CC(=O)OCC. The number of H-pyrrole nitrogens is 1. The number of hydrogen-bond acceptors (Lipinski definition) is 25. The fourth-order valence-electron chi connectivity index (χ4n) is 9.65. The van der Waals surface area contributed by atoms with Gasteiger partial charge in [-0.25, -0.2) is 38.6 Å². The first-order valence-corrected chi connectivity index (χ1v) is 40.7. The molecule has 0 unspecified atom stereocenters. The number of phosphoric acid groups is 1. The van der Waals surface area contributed by atoms with E-state index in [9.17, 15) is 46.1 Å². The van der Waals surface area contributed by atoms with Crippen LogP contribution in [-0.2, 0) is 119 Å². The number of rotatable bonds is 24. The zero-order chi connectivity index (χ0) is 97.8. The lowest BCUT2D eigenvalue weighted by atomic mass is 9.79. The molecule has 0 aliphatic heterocycles. The molecule has 3 heterocycles. The average molecular weight is 1940 g/mol. The molecule has 3 aromatic heterocycles. The molecule has 6 rings (SSSR count). The van der Waals surface area contributed by atoms with Crippen LogP contribution in [-0.4, -0.2) is 145 Å². The maximum Gasteiger partial charge on any atom is 0.488 e. The van der Waals surface area contributed by atoms with Crippen molar-refractivity contribution in [3.8, 4) is 11.4 Å². The Morgan fingerprint density at radius 2 is 0.887 bits per heavy atom. The minimum atomic E-state index is -4.00. The van der Waals surface area contributed by atoms with Gasteiger partial charge in [0.15, 0.2) is 0 Å². The molecular weight excluding hydrogens is 1770 g/mol. The van der Waals surface area contributed by atoms with Crippen molar-refractivity contribution in [1.29, 1.82) is 0 Å². The Morgan fingerprint density at radius 3 is 1.18 bits per heavy atom. The highest BCUT2D eigenvalue weighted by Crippen LogP contribution is 2.56. The normalized spacial score (nSPS) is 9.95. The molecule has 5 N–H and O–H groups in total. The highest BCUT2D eigenvalue weighted by atomic mass is 31.2. The van der Waals surface area contributed by atoms with Crippen LogP contribution in [0.3, 0.4) is 0 Å². The predicted molar refractivity (Wildman–Crippen MR) is 528 cm³/mol. The number of phosphoric ester groups is 1. The van der Waals surface area contributed by atoms with Crippen LogP contribution in [0.5, 0.6) is 0 Å². The summed E-state index contributed by atoms with van der Waals surface area (Å²) in [7, 11) is -4.92. The van der Waals surface area contributed by atoms with E-state index in [4.69, 9.17) is 90.9 Å². The molecule has 766 valence electrons. The highest BCUT2D eigenvalue weighted by Gasteiger charge is 2.38. The number of pyridine rings is 3. The van der Waals surface area contributed by atoms with Crippen LogP contribution in [0, 0.1) is 51.4 Å². The van der Waals surface area contributed by atoms with Crippen LogP contribution in [0.15, 0.2) is 117 Å². The molecule has 0 aliphatic rings. The zero-order valence-electron chi connectivity index (χ0n) is 77.1. The molecule has 0 aliphatic carbocycles. The first-order chi connectivity index (χ1) is 57.7. The van der Waals surface area contributed by atoms with Gasteiger partial charge in [0.25, 0.3) is 25.2 Å². The smallest absolute Gasteiger partial charge is 0.488 e. The van der Waals surface area contributed by atoms with E-state index in [1.165, 1.54) is 65.1 Å². The summed E-state index contributed by atoms with van der Waals surface area (Å²) in [5.74, 6) is -2.32. The van der Waals surface area contributed by atoms with Gasteiger partial charge in [-0.05, 0) is 261 Å². The van der Waals surface area contributed by atoms with Gasteiger partial charge in [0.2, 0.25) is 0 Å². The third kappa shape index (κ3) is 67.9. The van der Waals surface area contributed by atoms with E-state index < -0.39 is 70.7 Å². The fourth-order valence-corrected chi connectivity index (χ4v) is 13.4. The van der Waals surface area contributed by atoms with Crippen LogP contribution < -0.4 is 22.1 Å². The third-order valence-electron chi connectivity index (χ3n) is 14.4. The molecule has 0 saturated carbocycles. The van der Waals surface area contributed by atoms with Gasteiger partial charge in [-0.1, -0.05) is 115 Å². The molecule has 37 heteroatoms. The van der Waals surface area contributed by atoms with E-state index in [2.05, 4.69) is 98.1 Å². The number of hydrogen-bond donors (Lipinski definition) is 5. The predicted octanol–water partition coefficient (Wildman–Crippen LogP) is 21.7. The lowest BCUT2D eigenvalue weighted by molar-refractivity contribution is -0.193. The number of halogens is 4. The maximum absolute atomic E-state index is 14.5. The number of aromatic amines is 1. The van der Waals surface area contributed by atoms with Gasteiger partial charge < -0.3 is 53.3 Å². The largest absolute Gasteiger partial charge is 0.509 e. The Bertz CT molecular complexity index is 4530. The molecule has 3 aromatic carbocycles. The molecule has 6 aromatic rings. The van der Waals surface area contributed by atoms with E-state index >= 15 is 0 Å². The Morgan fingerprint density at radius 1 is 0.549 bits per heavy atom. The number of aliphatic hydroxyl groups excluding tert-OH is 2. The van der Waals surface area contributed by atoms with E-state index in [0.717, 1.165) is 40.3 Å². The van der Waals surface area contributed by atoms with Crippen molar-refractivity contribution < 1.29 is 119 Å². The monoisotopic (exact) mass is 1940 g/mol. The molecular formula is C96H167BF4N6O24P2. The van der Waals surface area contributed by atoms with Crippen molar-refractivity contribution in [2.45, 2.75) is 335 Å². The van der Waals surface area contributed by atoms with Crippen molar-refractivity contribution in [1.82, 2.24) is 18.8 Å². The van der Waals surface area contributed by atoms with Gasteiger partial charge in [-0.3, -0.25) is 46.3 Å². The number of nitrogens with zero attached hydrogens (tertiary/aromatic N) is 5. The Hall–Kier alpha value is -9.85. The second kappa shape index (κ2) is 83.9. The summed E-state index contributed by atoms with van der Waals surface area (Å²) in [6.07, 6.45) is 7.81. The lowest BCUT2D eigenvalue weighted by Gasteiger charge is -2.41. The van der Waals surface area contributed by atoms with Gasteiger partial charge in [-0.15, -0.1) is 0 Å². The summed E-state index contributed by atoms with van der Waals surface area (Å²) < 4.78 is 117. The standard InChI is InChI=1S/C23H33FNO5P.C15H16FNO2.C14H32NO2P.C9H13NO3.C8H11NO.C7H8BFO3.C5H7NO2.CH3F.3CO2.11CH4/c1-9-19-16(2)12-13-25(21(19)26)18-10-11-20(24)17(14-18)15-28-31(27,29-22(3,4)5)30-23(6,7)8;1-3-13-10(2)6-7-17(15(13)19)12-4-5-14(16)11(8-12)9-18;1-11(2)15(12(3)4)18(16-13(5,6)7)17-14(8,9)10;1-5-12-7(3)8(10-4)9(11)13-6-2;1-3-7-6(2)4-5-9-8(7)10;9-7-2-1-6(8(11)12)3-5(7)4-10;1-3-8-5(7)4-6-2;1-2;3*2-1-3;;;;;;;;;;;/h10-14H,9,15H2,1-8H3;4-8,18H,3,9H2,1-2H3;11-12H,1-10H3;5-6H2,1-3H3;4-5H,3H2,1-2H3,(H,9,10);1-3,10-12H,4H2;3-4H2,1H3;1H3;;;;11*1H4/b;;;8-7+;;;;;;;;;;;;;;;;;;/i;;;;;;;;;;;1D;;;;;;;;;;. The maximum atomic E-state index is 14.5. The molecule has 0 radical (unpaired) electrons. The molecule has 0 saturated heterocycles. The van der Waals surface area contributed by atoms with Crippen LogP contribution in [0.1, 0.15) is 292 Å². The first-order valence-electron chi connectivity index (χ1n) is 39.1. The summed E-state index contributed by atoms with van der Waals surface area (Å²) in [6, 6.07) is 18.5. The van der Waals surface area contributed by atoms with Crippen LogP contribution in [0.25, 0.3) is 21.1 Å². The Balaban J connectivity index is -0.0000000865. The van der Waals surface area contributed by atoms with Crippen molar-refractivity contribution >= 4 is 59.3 Å². The summed E-state index contributed by atoms with van der Waals surface area (Å²) in [5.41, 5.74) is 4.59. The number of nitrogens with one attached hydrogen (secondary N) is 1. The molecule has 0 atom stereocenters. The number of carbonyl (C=O) groups is 2. The third-order valence-corrected chi connectivity index (χ3v) is 19.1. The molecule has 133 heavy (non-hydrogen) atoms. The van der Waals surface area contributed by atoms with E-state index in [1.54, 1.807) is 87.8 Å². The quantitative estimate of drug-likeness (QED) is 0.00714. The van der Waals surface area contributed by atoms with Crippen LogP contribution >= 0.6 is 16.3 Å². The number of aliphatic hydroxyl groups is 2. The Kier molecular flexibility index (Phi) is 99.2. The van der Waals surface area contributed by atoms with Crippen molar-refractivity contribution in [3.05, 3.63) is 224 Å². The van der Waals surface area contributed by atoms with Gasteiger partial charge in [-0.2, -0.15) is 28.8 Å². The molecule has 0 fully saturated rings. The second-order valence-electron chi connectivity index (χ2n) is 29.3. The fraction of sp³-hybridized carbons (Fsp3) is 0.562. The number of esters is 2. The number of carbonyl (C=O) groups excluding carboxylic acids is 8. The number of aryl methyl sites for hydroxylation is 3. The second-order valence-corrected chi connectivity index (χ2v) is 32.1. The van der Waals surface area contributed by atoms with Gasteiger partial charge >= 0.3 is 57.6 Å². The van der Waals surface area contributed by atoms with E-state index in [0.29, 0.717) is 68.0 Å². The minimum Gasteiger partial charge on any atom is -0.509 e. The van der Waals surface area contributed by atoms with Crippen molar-refractivity contribution in [2.75, 3.05) is 33.5 Å². The highest BCUT2D eigenvalue weighted by molar-refractivity contribution is 7.48. The van der Waals surface area contributed by atoms with Crippen molar-refractivity contribution in [2.24, 2.45) is 0 Å². The molecule has 0 amide bonds. The van der Waals surface area contributed by atoms with E-state index in [1.807, 2.05) is 59.7 Å². The van der Waals surface area contributed by atoms with E-state index in [-0.39, 0.29) is 175 Å². The number of aromatic nitrogens is 3. The van der Waals surface area contributed by atoms with Crippen LogP contribution in [0.2, 0.25) is 0 Å². The zero-order valence-corrected chi connectivity index (χ0v) is 77.8. The average Bonchev–Trinajstić information content (AvgIpc) is 0.800. The van der Waals surface area contributed by atoms with Gasteiger partial charge in [0.05, 0.1) is 75.8 Å². The molecule has 0 spiro atoms. The lowest BCUT2D eigenvalue weighted by Crippen LogP contribution is -2.37. The van der Waals surface area contributed by atoms with Crippen molar-refractivity contribution in [3.63, 3.8) is 0 Å². The number of ether oxygens (including phenoxy) is 3. The summed E-state index contributed by atoms with van der Waals surface area (Å²) in [6.45, 7) is 62.6. The number of allylic oxidation sites excluding steroid dienone is 1. The molecule has 30 nitrogen and oxygen atoms in total. The topological polar surface area (TPSA) is 397 Å². The first kappa shape index (κ1) is 157. The summed E-state index contributed by atoms with van der Waals surface area (Å²) in [5, 5.41) is 35.1. The Labute approximate surface area is 797 Å². The summed E-state index contributed by atoms with van der Waals surface area (Å²) >= 11 is 0. The minimum absolute atomic E-state index is 0. The number of alkyl halides is 1. The number of benzene rings is 3. The van der Waals surface area contributed by atoms with Gasteiger partial charge in [0, 0.05) is 76.8 Å². The molecule has 0 bridgehead atoms. The van der Waals surface area contributed by atoms with Crippen LogP contribution in [0.4, 0.5) is 17.6 Å². The van der Waals surface area contributed by atoms with Gasteiger partial charge in [0.1, 0.15) is 23.2 Å². The summed E-state index contributed by atoms with van der Waals surface area (Å²) in [4.78, 5) is 115.